The molecule has 4 nitrogen and oxygen atoms in total. The maximum absolute atomic E-state index is 12.1. The molecule has 0 aliphatic heterocycles. The first kappa shape index (κ1) is 21.9. The average Bonchev–Trinajstić information content (AvgIpc) is 2.49. The average molecular weight is 328 g/mol. The molecule has 0 aliphatic carbocycles. The van der Waals surface area contributed by atoms with E-state index in [-0.39, 0.29) is 0 Å². The molecular weight excluding hydrogens is 292 g/mol. The topological polar surface area (TPSA) is 52.6 Å². The van der Waals surface area contributed by atoms with Gasteiger partial charge in [0, 0.05) is 0 Å². The summed E-state index contributed by atoms with van der Waals surface area (Å²) in [6, 6.07) is 0. The smallest absolute Gasteiger partial charge is 0.322 e. The minimum atomic E-state index is -1.22. The predicted molar refractivity (Wildman–Crippen MR) is 93.1 cm³/mol. The third kappa shape index (κ3) is 10.4. The van der Waals surface area contributed by atoms with Crippen molar-refractivity contribution in [2.75, 3.05) is 13.2 Å². The molecule has 0 atom stereocenters. The second-order valence-corrected chi connectivity index (χ2v) is 7.20. The lowest BCUT2D eigenvalue weighted by molar-refractivity contribution is -0.170. The minimum absolute atomic E-state index is 0.352. The SMILES string of the molecule is CCCCCCCCCOC(=O)C(C)(C)C(=O)OCCC(C)C. The van der Waals surface area contributed by atoms with Crippen LogP contribution in [0.1, 0.15) is 86.0 Å². The first-order chi connectivity index (χ1) is 10.8. The third-order valence-electron chi connectivity index (χ3n) is 3.93. The standard InChI is InChI=1S/C19H36O4/c1-6-7-8-9-10-11-12-14-22-17(20)19(4,5)18(21)23-15-13-16(2)3/h16H,6-15H2,1-5H3. The van der Waals surface area contributed by atoms with E-state index in [0.29, 0.717) is 19.1 Å². The van der Waals surface area contributed by atoms with Gasteiger partial charge in [0.2, 0.25) is 0 Å². The molecule has 23 heavy (non-hydrogen) atoms. The normalized spacial score (nSPS) is 11.6. The molecule has 0 amide bonds. The maximum Gasteiger partial charge on any atom is 0.322 e. The summed E-state index contributed by atoms with van der Waals surface area (Å²) < 4.78 is 10.4. The molecule has 0 aromatic carbocycles. The fourth-order valence-corrected chi connectivity index (χ4v) is 2.06. The summed E-state index contributed by atoms with van der Waals surface area (Å²) >= 11 is 0. The summed E-state index contributed by atoms with van der Waals surface area (Å²) in [6.07, 6.45) is 8.97. The highest BCUT2D eigenvalue weighted by atomic mass is 16.6. The van der Waals surface area contributed by atoms with Gasteiger partial charge in [-0.05, 0) is 32.6 Å². The lowest BCUT2D eigenvalue weighted by Gasteiger charge is -2.21. The molecule has 0 heterocycles. The quantitative estimate of drug-likeness (QED) is 0.274. The molecule has 0 saturated heterocycles. The van der Waals surface area contributed by atoms with Crippen molar-refractivity contribution in [1.29, 1.82) is 0 Å². The first-order valence-electron chi connectivity index (χ1n) is 9.16. The van der Waals surface area contributed by atoms with Crippen molar-refractivity contribution >= 4 is 11.9 Å². The zero-order valence-electron chi connectivity index (χ0n) is 15.8. The Kier molecular flexibility index (Phi) is 11.8. The minimum Gasteiger partial charge on any atom is -0.465 e. The molecule has 0 rings (SSSR count). The van der Waals surface area contributed by atoms with Gasteiger partial charge in [-0.1, -0.05) is 59.3 Å². The summed E-state index contributed by atoms with van der Waals surface area (Å²) in [5, 5.41) is 0. The maximum atomic E-state index is 12.1. The summed E-state index contributed by atoms with van der Waals surface area (Å²) in [6.45, 7) is 10.2. The summed E-state index contributed by atoms with van der Waals surface area (Å²) in [5.41, 5.74) is -1.22. The highest BCUT2D eigenvalue weighted by Gasteiger charge is 2.39. The van der Waals surface area contributed by atoms with Crippen LogP contribution in [-0.4, -0.2) is 25.2 Å². The van der Waals surface area contributed by atoms with Crippen LogP contribution in [0.3, 0.4) is 0 Å². The van der Waals surface area contributed by atoms with Gasteiger partial charge < -0.3 is 9.47 Å². The van der Waals surface area contributed by atoms with E-state index in [1.54, 1.807) is 13.8 Å². The van der Waals surface area contributed by atoms with Crippen LogP contribution in [0.25, 0.3) is 0 Å². The molecule has 136 valence electrons. The van der Waals surface area contributed by atoms with Gasteiger partial charge in [0.05, 0.1) is 13.2 Å². The van der Waals surface area contributed by atoms with Crippen molar-refractivity contribution in [3.8, 4) is 0 Å². The van der Waals surface area contributed by atoms with Crippen molar-refractivity contribution < 1.29 is 19.1 Å². The van der Waals surface area contributed by atoms with Crippen LogP contribution in [0.2, 0.25) is 0 Å². The Bertz CT molecular complexity index is 334. The fraction of sp³-hybridized carbons (Fsp3) is 0.895. The van der Waals surface area contributed by atoms with Gasteiger partial charge in [-0.3, -0.25) is 9.59 Å². The molecule has 0 aromatic heterocycles. The molecular formula is C19H36O4. The molecule has 4 heteroatoms. The van der Waals surface area contributed by atoms with Crippen LogP contribution in [0.4, 0.5) is 0 Å². The van der Waals surface area contributed by atoms with Crippen molar-refractivity contribution in [3.05, 3.63) is 0 Å². The zero-order chi connectivity index (χ0) is 17.7. The largest absolute Gasteiger partial charge is 0.465 e. The van der Waals surface area contributed by atoms with Gasteiger partial charge in [-0.2, -0.15) is 0 Å². The fourth-order valence-electron chi connectivity index (χ4n) is 2.06. The Labute approximate surface area is 142 Å². The van der Waals surface area contributed by atoms with E-state index in [0.717, 1.165) is 19.3 Å². The Morgan fingerprint density at radius 1 is 0.826 bits per heavy atom. The van der Waals surface area contributed by atoms with Crippen molar-refractivity contribution in [1.82, 2.24) is 0 Å². The van der Waals surface area contributed by atoms with Crippen molar-refractivity contribution in [2.24, 2.45) is 11.3 Å². The highest BCUT2D eigenvalue weighted by Crippen LogP contribution is 2.20. The lowest BCUT2D eigenvalue weighted by Crippen LogP contribution is -2.37. The number of esters is 2. The summed E-state index contributed by atoms with van der Waals surface area (Å²) in [7, 11) is 0. The molecule has 0 N–H and O–H groups in total. The predicted octanol–water partition coefficient (Wildman–Crippen LogP) is 4.90. The highest BCUT2D eigenvalue weighted by molar-refractivity contribution is 5.99. The van der Waals surface area contributed by atoms with Gasteiger partial charge in [0.15, 0.2) is 5.41 Å². The van der Waals surface area contributed by atoms with E-state index in [9.17, 15) is 9.59 Å². The van der Waals surface area contributed by atoms with Crippen LogP contribution in [0, 0.1) is 11.3 Å². The van der Waals surface area contributed by atoms with Crippen molar-refractivity contribution in [2.45, 2.75) is 86.0 Å². The van der Waals surface area contributed by atoms with E-state index in [1.165, 1.54) is 32.1 Å². The van der Waals surface area contributed by atoms with Crippen LogP contribution in [-0.2, 0) is 19.1 Å². The third-order valence-corrected chi connectivity index (χ3v) is 3.93. The number of hydrogen-bond donors (Lipinski definition) is 0. The van der Waals surface area contributed by atoms with E-state index in [2.05, 4.69) is 20.8 Å². The molecule has 0 aliphatic rings. The summed E-state index contributed by atoms with van der Waals surface area (Å²) in [4.78, 5) is 24.1. The second-order valence-electron chi connectivity index (χ2n) is 7.20. The number of unbranched alkanes of at least 4 members (excludes halogenated alkanes) is 6. The first-order valence-corrected chi connectivity index (χ1v) is 9.16. The van der Waals surface area contributed by atoms with E-state index in [1.807, 2.05) is 0 Å². The second kappa shape index (κ2) is 12.4. The van der Waals surface area contributed by atoms with E-state index < -0.39 is 17.4 Å². The van der Waals surface area contributed by atoms with Gasteiger partial charge in [-0.15, -0.1) is 0 Å². The molecule has 0 aromatic rings. The summed E-state index contributed by atoms with van der Waals surface area (Å²) in [5.74, 6) is -0.518. The molecule has 0 fully saturated rings. The van der Waals surface area contributed by atoms with E-state index >= 15 is 0 Å². The lowest BCUT2D eigenvalue weighted by atomic mass is 9.94. The van der Waals surface area contributed by atoms with Crippen LogP contribution in [0.15, 0.2) is 0 Å². The number of carbonyl (C=O) groups excluding carboxylic acids is 2. The van der Waals surface area contributed by atoms with Gasteiger partial charge in [0.25, 0.3) is 0 Å². The molecule has 0 saturated carbocycles. The number of carbonyl (C=O) groups is 2. The molecule has 0 radical (unpaired) electrons. The molecule has 0 spiro atoms. The Hall–Kier alpha value is -1.06. The molecule has 0 unspecified atom stereocenters. The Morgan fingerprint density at radius 3 is 1.83 bits per heavy atom. The Morgan fingerprint density at radius 2 is 1.30 bits per heavy atom. The zero-order valence-corrected chi connectivity index (χ0v) is 15.8. The van der Waals surface area contributed by atoms with Crippen LogP contribution in [0.5, 0.6) is 0 Å². The van der Waals surface area contributed by atoms with Gasteiger partial charge >= 0.3 is 11.9 Å². The van der Waals surface area contributed by atoms with Gasteiger partial charge in [0.1, 0.15) is 0 Å². The number of hydrogen-bond acceptors (Lipinski definition) is 4. The van der Waals surface area contributed by atoms with Crippen LogP contribution >= 0.6 is 0 Å². The number of rotatable bonds is 13. The Balaban J connectivity index is 3.87. The monoisotopic (exact) mass is 328 g/mol. The van der Waals surface area contributed by atoms with E-state index in [4.69, 9.17) is 9.47 Å². The van der Waals surface area contributed by atoms with Crippen molar-refractivity contribution in [3.63, 3.8) is 0 Å². The molecule has 0 bridgehead atoms. The van der Waals surface area contributed by atoms with Gasteiger partial charge in [-0.25, -0.2) is 0 Å². The van der Waals surface area contributed by atoms with Crippen LogP contribution < -0.4 is 0 Å². The number of ether oxygens (including phenoxy) is 2.